The van der Waals surface area contributed by atoms with Crippen LogP contribution in [0, 0.1) is 0 Å². The fraction of sp³-hybridized carbons (Fsp3) is 0.500. The Balaban J connectivity index is 2.67. The number of rotatable bonds is 5. The van der Waals surface area contributed by atoms with Gasteiger partial charge in [0.05, 0.1) is 18.5 Å². The number of nitrogens with one attached hydrogen (secondary N) is 1. The minimum Gasteiger partial charge on any atom is -0.495 e. The summed E-state index contributed by atoms with van der Waals surface area (Å²) in [4.78, 5) is 2.16. The number of ether oxygens (including phenoxy) is 1. The molecule has 1 aromatic rings. The van der Waals surface area contributed by atoms with Crippen molar-refractivity contribution in [3.8, 4) is 5.75 Å². The van der Waals surface area contributed by atoms with E-state index in [-0.39, 0.29) is 0 Å². The Morgan fingerprint density at radius 1 is 1.44 bits per heavy atom. The van der Waals surface area contributed by atoms with E-state index in [0.717, 1.165) is 12.2 Å². The van der Waals surface area contributed by atoms with E-state index in [9.17, 15) is 0 Å². The van der Waals surface area contributed by atoms with Crippen LogP contribution >= 0.6 is 0 Å². The van der Waals surface area contributed by atoms with Gasteiger partial charge < -0.3 is 20.7 Å². The summed E-state index contributed by atoms with van der Waals surface area (Å²) in [6.45, 7) is 3.01. The molecule has 0 spiro atoms. The summed E-state index contributed by atoms with van der Waals surface area (Å²) in [5.41, 5.74) is 7.54. The van der Waals surface area contributed by atoms with Crippen molar-refractivity contribution in [1.29, 1.82) is 0 Å². The molecule has 0 fully saturated rings. The fourth-order valence-electron chi connectivity index (χ4n) is 1.32. The maximum absolute atomic E-state index is 5.96. The molecule has 0 aliphatic carbocycles. The van der Waals surface area contributed by atoms with Crippen molar-refractivity contribution >= 4 is 11.4 Å². The molecule has 4 nitrogen and oxygen atoms in total. The second-order valence-electron chi connectivity index (χ2n) is 4.12. The Labute approximate surface area is 97.4 Å². The highest BCUT2D eigenvalue weighted by atomic mass is 16.5. The average molecular weight is 223 g/mol. The maximum Gasteiger partial charge on any atom is 0.143 e. The Kier molecular flexibility index (Phi) is 4.43. The molecular weight excluding hydrogens is 202 g/mol. The van der Waals surface area contributed by atoms with Gasteiger partial charge in [-0.25, -0.2) is 0 Å². The van der Waals surface area contributed by atoms with Gasteiger partial charge in [0.15, 0.2) is 0 Å². The van der Waals surface area contributed by atoms with Crippen LogP contribution in [-0.4, -0.2) is 38.7 Å². The zero-order chi connectivity index (χ0) is 12.1. The van der Waals surface area contributed by atoms with Crippen molar-refractivity contribution in [1.82, 2.24) is 4.90 Å². The largest absolute Gasteiger partial charge is 0.495 e. The second kappa shape index (κ2) is 5.61. The molecule has 4 heteroatoms. The van der Waals surface area contributed by atoms with E-state index < -0.39 is 0 Å². The third-order valence-corrected chi connectivity index (χ3v) is 2.76. The fourth-order valence-corrected chi connectivity index (χ4v) is 1.32. The van der Waals surface area contributed by atoms with Crippen LogP contribution in [0.5, 0.6) is 5.75 Å². The first-order valence-corrected chi connectivity index (χ1v) is 5.39. The first kappa shape index (κ1) is 12.6. The summed E-state index contributed by atoms with van der Waals surface area (Å²) in [6.07, 6.45) is 0. The molecule has 1 atom stereocenters. The van der Waals surface area contributed by atoms with E-state index in [4.69, 9.17) is 10.5 Å². The molecule has 0 aliphatic heterocycles. The molecule has 0 bridgehead atoms. The van der Waals surface area contributed by atoms with Crippen LogP contribution in [0.2, 0.25) is 0 Å². The Hall–Kier alpha value is -1.42. The quantitative estimate of drug-likeness (QED) is 0.745. The first-order chi connectivity index (χ1) is 7.56. The van der Waals surface area contributed by atoms with Crippen LogP contribution in [0.4, 0.5) is 11.4 Å². The summed E-state index contributed by atoms with van der Waals surface area (Å²) < 4.78 is 5.16. The van der Waals surface area contributed by atoms with Crippen molar-refractivity contribution < 1.29 is 4.74 Å². The van der Waals surface area contributed by atoms with Crippen molar-refractivity contribution in [3.63, 3.8) is 0 Å². The van der Waals surface area contributed by atoms with Crippen LogP contribution in [-0.2, 0) is 0 Å². The van der Waals surface area contributed by atoms with Gasteiger partial charge in [-0.05, 0) is 33.2 Å². The summed E-state index contributed by atoms with van der Waals surface area (Å²) in [6, 6.07) is 6.19. The van der Waals surface area contributed by atoms with Crippen LogP contribution in [0.3, 0.4) is 0 Å². The molecule has 0 saturated carbocycles. The topological polar surface area (TPSA) is 50.5 Å². The lowest BCUT2D eigenvalue weighted by molar-refractivity contribution is 0.326. The molecule has 0 saturated heterocycles. The van der Waals surface area contributed by atoms with E-state index in [1.807, 2.05) is 18.2 Å². The number of likely N-dealkylation sites (N-methyl/N-ethyl adjacent to an activating group) is 1. The van der Waals surface area contributed by atoms with Crippen molar-refractivity contribution in [2.24, 2.45) is 0 Å². The minimum absolute atomic E-state index is 0.450. The normalized spacial score (nSPS) is 12.6. The number of hydrogen-bond donors (Lipinski definition) is 2. The third kappa shape index (κ3) is 3.03. The average Bonchev–Trinajstić information content (AvgIpc) is 2.27. The number of hydrogen-bond acceptors (Lipinski definition) is 4. The summed E-state index contributed by atoms with van der Waals surface area (Å²) in [5, 5.41) is 3.32. The Morgan fingerprint density at radius 2 is 2.12 bits per heavy atom. The van der Waals surface area contributed by atoms with Crippen molar-refractivity contribution in [3.05, 3.63) is 18.2 Å². The SMILES string of the molecule is COc1cccc(NCC(C)N(C)C)c1N. The molecular formula is C12H21N3O. The monoisotopic (exact) mass is 223 g/mol. The van der Waals surface area contributed by atoms with Gasteiger partial charge in [-0.15, -0.1) is 0 Å². The molecule has 1 aromatic carbocycles. The van der Waals surface area contributed by atoms with Gasteiger partial charge in [-0.1, -0.05) is 6.07 Å². The van der Waals surface area contributed by atoms with Gasteiger partial charge in [-0.2, -0.15) is 0 Å². The van der Waals surface area contributed by atoms with E-state index in [1.54, 1.807) is 7.11 Å². The lowest BCUT2D eigenvalue weighted by Crippen LogP contribution is -2.31. The van der Waals surface area contributed by atoms with Crippen LogP contribution in [0.1, 0.15) is 6.92 Å². The highest BCUT2D eigenvalue weighted by Crippen LogP contribution is 2.28. The van der Waals surface area contributed by atoms with Gasteiger partial charge in [0.25, 0.3) is 0 Å². The van der Waals surface area contributed by atoms with E-state index in [2.05, 4.69) is 31.2 Å². The molecule has 3 N–H and O–H groups in total. The van der Waals surface area contributed by atoms with E-state index in [0.29, 0.717) is 17.5 Å². The van der Waals surface area contributed by atoms with Crippen LogP contribution in [0.25, 0.3) is 0 Å². The molecule has 0 aliphatic rings. The van der Waals surface area contributed by atoms with E-state index in [1.165, 1.54) is 0 Å². The van der Waals surface area contributed by atoms with Gasteiger partial charge in [0.2, 0.25) is 0 Å². The standard InChI is InChI=1S/C12H21N3O/c1-9(15(2)3)8-14-10-6-5-7-11(16-4)12(10)13/h5-7,9,14H,8,13H2,1-4H3. The van der Waals surface area contributed by atoms with E-state index >= 15 is 0 Å². The molecule has 1 rings (SSSR count). The summed E-state index contributed by atoms with van der Waals surface area (Å²) in [5.74, 6) is 0.711. The predicted molar refractivity (Wildman–Crippen MR) is 69.0 cm³/mol. The van der Waals surface area contributed by atoms with Crippen LogP contribution in [0.15, 0.2) is 18.2 Å². The van der Waals surface area contributed by atoms with Crippen molar-refractivity contribution in [2.75, 3.05) is 38.8 Å². The number of methoxy groups -OCH3 is 1. The second-order valence-corrected chi connectivity index (χ2v) is 4.12. The lowest BCUT2D eigenvalue weighted by atomic mass is 10.2. The minimum atomic E-state index is 0.450. The molecule has 0 heterocycles. The zero-order valence-corrected chi connectivity index (χ0v) is 10.4. The Bertz CT molecular complexity index is 339. The van der Waals surface area contributed by atoms with Gasteiger partial charge >= 0.3 is 0 Å². The number of nitrogen functional groups attached to an aromatic ring is 1. The maximum atomic E-state index is 5.96. The highest BCUT2D eigenvalue weighted by Gasteiger charge is 2.07. The van der Waals surface area contributed by atoms with Crippen molar-refractivity contribution in [2.45, 2.75) is 13.0 Å². The third-order valence-electron chi connectivity index (χ3n) is 2.76. The number of nitrogens with two attached hydrogens (primary N) is 1. The smallest absolute Gasteiger partial charge is 0.143 e. The van der Waals surface area contributed by atoms with Gasteiger partial charge in [0.1, 0.15) is 5.75 Å². The lowest BCUT2D eigenvalue weighted by Gasteiger charge is -2.21. The molecule has 0 aromatic heterocycles. The highest BCUT2D eigenvalue weighted by molar-refractivity contribution is 5.72. The zero-order valence-electron chi connectivity index (χ0n) is 10.4. The molecule has 1 unspecified atom stereocenters. The predicted octanol–water partition coefficient (Wildman–Crippen LogP) is 1.64. The summed E-state index contributed by atoms with van der Waals surface area (Å²) in [7, 11) is 5.74. The molecule has 0 radical (unpaired) electrons. The molecule has 0 amide bonds. The first-order valence-electron chi connectivity index (χ1n) is 5.39. The number of anilines is 2. The molecule has 90 valence electrons. The van der Waals surface area contributed by atoms with Gasteiger partial charge in [0, 0.05) is 12.6 Å². The Morgan fingerprint density at radius 3 is 2.69 bits per heavy atom. The van der Waals surface area contributed by atoms with Crippen LogP contribution < -0.4 is 15.8 Å². The number of benzene rings is 1. The van der Waals surface area contributed by atoms with Gasteiger partial charge in [-0.3, -0.25) is 0 Å². The number of nitrogens with zero attached hydrogens (tertiary/aromatic N) is 1. The number of para-hydroxylation sites is 1. The summed E-state index contributed by atoms with van der Waals surface area (Å²) >= 11 is 0. The molecule has 16 heavy (non-hydrogen) atoms.